The zero-order chi connectivity index (χ0) is 40.7. The average molecular weight is 794 g/mol. The van der Waals surface area contributed by atoms with Crippen molar-refractivity contribution in [3.8, 4) is 0 Å². The zero-order valence-electron chi connectivity index (χ0n) is 36.1. The van der Waals surface area contributed by atoms with Crippen molar-refractivity contribution in [2.75, 3.05) is 40.9 Å². The van der Waals surface area contributed by atoms with Crippen molar-refractivity contribution >= 4 is 13.7 Å². The second-order valence-corrected chi connectivity index (χ2v) is 17.5. The third kappa shape index (κ3) is 40.2. The van der Waals surface area contributed by atoms with Gasteiger partial charge in [0.15, 0.2) is 0 Å². The van der Waals surface area contributed by atoms with Gasteiger partial charge in [0.25, 0.3) is 0 Å². The molecule has 0 radical (unpaired) electrons. The Morgan fingerprint density at radius 3 is 1.60 bits per heavy atom. The monoisotopic (exact) mass is 794 g/mol. The van der Waals surface area contributed by atoms with E-state index in [1.165, 1.54) is 83.5 Å². The van der Waals surface area contributed by atoms with Gasteiger partial charge in [0.2, 0.25) is 5.91 Å². The summed E-state index contributed by atoms with van der Waals surface area (Å²) in [6.45, 7) is 4.67. The van der Waals surface area contributed by atoms with Crippen molar-refractivity contribution in [1.29, 1.82) is 0 Å². The summed E-state index contributed by atoms with van der Waals surface area (Å²) in [6.07, 6.45) is 48.5. The van der Waals surface area contributed by atoms with E-state index in [1.54, 1.807) is 6.08 Å². The van der Waals surface area contributed by atoms with Gasteiger partial charge >= 0.3 is 7.82 Å². The SMILES string of the molecule is CC/C=C\C/C=C\C/C=C\C/C=C\CCCCCCCCCCC(=O)NC(COP(=O)(O)OCC[N+](C)(C)C)C(O)/C=C/CCCCCCCCCCCC. The largest absolute Gasteiger partial charge is 0.472 e. The van der Waals surface area contributed by atoms with E-state index >= 15 is 0 Å². The lowest BCUT2D eigenvalue weighted by Gasteiger charge is -2.25. The smallest absolute Gasteiger partial charge is 0.387 e. The molecule has 0 saturated heterocycles. The van der Waals surface area contributed by atoms with Crippen LogP contribution in [0, 0.1) is 0 Å². The third-order valence-electron chi connectivity index (χ3n) is 9.49. The number of nitrogens with zero attached hydrogens (tertiary/aromatic N) is 1. The van der Waals surface area contributed by atoms with Gasteiger partial charge in [0.05, 0.1) is 39.9 Å². The van der Waals surface area contributed by atoms with Crippen LogP contribution in [0.15, 0.2) is 60.8 Å². The van der Waals surface area contributed by atoms with Crippen LogP contribution in [0.1, 0.15) is 174 Å². The normalized spacial score (nSPS) is 15.0. The minimum atomic E-state index is -4.34. The number of likely N-dealkylation sites (N-methyl/N-ethyl adjacent to an activating group) is 1. The van der Waals surface area contributed by atoms with Crippen molar-refractivity contribution in [3.63, 3.8) is 0 Å². The molecule has 3 atom stereocenters. The van der Waals surface area contributed by atoms with Crippen molar-refractivity contribution in [1.82, 2.24) is 5.32 Å². The number of rotatable bonds is 39. The first-order valence-electron chi connectivity index (χ1n) is 22.2. The second-order valence-electron chi connectivity index (χ2n) is 16.0. The van der Waals surface area contributed by atoms with E-state index in [0.29, 0.717) is 17.4 Å². The first-order chi connectivity index (χ1) is 26.5. The predicted octanol–water partition coefficient (Wildman–Crippen LogP) is 12.2. The van der Waals surface area contributed by atoms with E-state index in [9.17, 15) is 19.4 Å². The molecule has 0 spiro atoms. The highest BCUT2D eigenvalue weighted by atomic mass is 31.2. The van der Waals surface area contributed by atoms with Crippen LogP contribution in [-0.2, 0) is 18.4 Å². The third-order valence-corrected chi connectivity index (χ3v) is 10.5. The Balaban J connectivity index is 4.39. The highest BCUT2D eigenvalue weighted by Crippen LogP contribution is 2.43. The van der Waals surface area contributed by atoms with Crippen LogP contribution in [-0.4, -0.2) is 73.4 Å². The maximum Gasteiger partial charge on any atom is 0.472 e. The maximum atomic E-state index is 12.9. The van der Waals surface area contributed by atoms with Gasteiger partial charge in [-0.05, 0) is 57.8 Å². The number of quaternary nitrogens is 1. The fourth-order valence-corrected chi connectivity index (χ4v) is 6.71. The molecule has 3 N–H and O–H groups in total. The molecule has 0 aliphatic heterocycles. The van der Waals surface area contributed by atoms with Crippen LogP contribution >= 0.6 is 7.82 Å². The number of amides is 1. The molecular weight excluding hydrogens is 707 g/mol. The quantitative estimate of drug-likeness (QED) is 0.0248. The number of nitrogens with one attached hydrogen (secondary N) is 1. The van der Waals surface area contributed by atoms with Crippen LogP contribution in [0.4, 0.5) is 0 Å². The van der Waals surface area contributed by atoms with E-state index in [2.05, 4.69) is 67.8 Å². The van der Waals surface area contributed by atoms with Crippen LogP contribution in [0.5, 0.6) is 0 Å². The molecule has 0 aromatic carbocycles. The Hall–Kier alpha value is -1.80. The van der Waals surface area contributed by atoms with Crippen LogP contribution in [0.25, 0.3) is 0 Å². The molecule has 0 heterocycles. The van der Waals surface area contributed by atoms with Gasteiger partial charge in [-0.3, -0.25) is 13.8 Å². The number of unbranched alkanes of at least 4 members (excludes halogenated alkanes) is 18. The summed E-state index contributed by atoms with van der Waals surface area (Å²) in [7, 11) is 1.56. The number of hydrogen-bond acceptors (Lipinski definition) is 5. The molecule has 1 amide bonds. The summed E-state index contributed by atoms with van der Waals surface area (Å²) < 4.78 is 23.5. The Labute approximate surface area is 339 Å². The lowest BCUT2D eigenvalue weighted by molar-refractivity contribution is -0.870. The summed E-state index contributed by atoms with van der Waals surface area (Å²) in [5, 5.41) is 13.8. The zero-order valence-corrected chi connectivity index (χ0v) is 37.0. The number of phosphoric acid groups is 1. The van der Waals surface area contributed by atoms with Crippen molar-refractivity contribution < 1.29 is 32.9 Å². The molecular formula is C46H86N2O6P+. The number of carbonyl (C=O) groups is 1. The van der Waals surface area contributed by atoms with Gasteiger partial charge in [-0.2, -0.15) is 0 Å². The summed E-state index contributed by atoms with van der Waals surface area (Å²) in [4.78, 5) is 23.1. The van der Waals surface area contributed by atoms with E-state index in [1.807, 2.05) is 27.2 Å². The second kappa shape index (κ2) is 37.8. The number of aliphatic hydroxyl groups excluding tert-OH is 1. The molecule has 0 aliphatic carbocycles. The highest BCUT2D eigenvalue weighted by molar-refractivity contribution is 7.47. The van der Waals surface area contributed by atoms with Crippen molar-refractivity contribution in [3.05, 3.63) is 60.8 Å². The van der Waals surface area contributed by atoms with E-state index in [4.69, 9.17) is 9.05 Å². The standard InChI is InChI=1S/C46H85N2O6P/c1-6-8-10-12-14-16-18-20-21-22-23-24-25-26-27-28-30-32-34-36-38-40-46(50)47-44(43-54-55(51,52)53-42-41-48(3,4)5)45(49)39-37-35-33-31-29-19-17-15-13-11-9-7-2/h8,10,14,16,20-21,23-24,37,39,44-45,49H,6-7,9,11-13,15,17-19,22,25-36,38,40-43H2,1-5H3,(H-,47,50,51,52)/p+1/b10-8-,16-14-,21-20-,24-23-,39-37+. The van der Waals surface area contributed by atoms with Crippen LogP contribution in [0.3, 0.4) is 0 Å². The first-order valence-corrected chi connectivity index (χ1v) is 23.7. The molecule has 0 rings (SSSR count). The summed E-state index contributed by atoms with van der Waals surface area (Å²) in [6, 6.07) is -0.851. The summed E-state index contributed by atoms with van der Waals surface area (Å²) in [5.41, 5.74) is 0. The van der Waals surface area contributed by atoms with Gasteiger partial charge in [-0.15, -0.1) is 0 Å². The molecule has 0 aromatic rings. The molecule has 9 heteroatoms. The first kappa shape index (κ1) is 53.2. The molecule has 0 saturated carbocycles. The lowest BCUT2D eigenvalue weighted by atomic mass is 10.0. The lowest BCUT2D eigenvalue weighted by Crippen LogP contribution is -2.45. The molecule has 3 unspecified atom stereocenters. The van der Waals surface area contributed by atoms with Crippen molar-refractivity contribution in [2.24, 2.45) is 0 Å². The average Bonchev–Trinajstić information content (AvgIpc) is 3.13. The Morgan fingerprint density at radius 1 is 0.636 bits per heavy atom. The van der Waals surface area contributed by atoms with Gasteiger partial charge in [-0.1, -0.05) is 171 Å². The molecule has 0 aliphatic rings. The number of carbonyl (C=O) groups excluding carboxylic acids is 1. The molecule has 0 fully saturated rings. The van der Waals surface area contributed by atoms with Gasteiger partial charge in [0.1, 0.15) is 13.2 Å². The summed E-state index contributed by atoms with van der Waals surface area (Å²) >= 11 is 0. The minimum absolute atomic E-state index is 0.0572. The predicted molar refractivity (Wildman–Crippen MR) is 235 cm³/mol. The van der Waals surface area contributed by atoms with Gasteiger partial charge in [-0.25, -0.2) is 4.57 Å². The van der Waals surface area contributed by atoms with Crippen LogP contribution < -0.4 is 5.32 Å². The minimum Gasteiger partial charge on any atom is -0.387 e. The molecule has 0 bridgehead atoms. The van der Waals surface area contributed by atoms with E-state index in [0.717, 1.165) is 70.6 Å². The fourth-order valence-electron chi connectivity index (χ4n) is 5.97. The molecule has 320 valence electrons. The number of aliphatic hydroxyl groups is 1. The number of hydrogen-bond donors (Lipinski definition) is 3. The Morgan fingerprint density at radius 2 is 1.09 bits per heavy atom. The summed E-state index contributed by atoms with van der Waals surface area (Å²) in [5.74, 6) is -0.190. The van der Waals surface area contributed by atoms with Crippen LogP contribution in [0.2, 0.25) is 0 Å². The highest BCUT2D eigenvalue weighted by Gasteiger charge is 2.27. The molecule has 0 aromatic heterocycles. The molecule has 8 nitrogen and oxygen atoms in total. The Bertz CT molecular complexity index is 1080. The maximum absolute atomic E-state index is 12.9. The Kier molecular flexibility index (Phi) is 36.5. The van der Waals surface area contributed by atoms with Crippen molar-refractivity contribution in [2.45, 2.75) is 187 Å². The van der Waals surface area contributed by atoms with Gasteiger partial charge in [0, 0.05) is 6.42 Å². The van der Waals surface area contributed by atoms with Gasteiger partial charge < -0.3 is 19.8 Å². The number of phosphoric ester groups is 1. The van der Waals surface area contributed by atoms with E-state index < -0.39 is 20.0 Å². The topological polar surface area (TPSA) is 105 Å². The van der Waals surface area contributed by atoms with E-state index in [-0.39, 0.29) is 19.1 Å². The fraction of sp³-hybridized carbons (Fsp3) is 0.761. The molecule has 55 heavy (non-hydrogen) atoms. The number of allylic oxidation sites excluding steroid dienone is 9.